The van der Waals surface area contributed by atoms with E-state index in [0.717, 1.165) is 5.56 Å². The number of aryl methyl sites for hydroxylation is 2. The number of hydrogen-bond acceptors (Lipinski definition) is 6. The molecule has 30 heavy (non-hydrogen) atoms. The number of rotatable bonds is 10. The molecule has 1 N–H and O–H groups in total. The number of Topliss-reactive ketones (excluding diaryl/α,β-unsaturated/α-hetero) is 1. The molecule has 162 valence electrons. The number of ether oxygens (including phenoxy) is 2. The largest absolute Gasteiger partial charge is 0.469 e. The monoisotopic (exact) mass is 433 g/mol. The lowest BCUT2D eigenvalue weighted by atomic mass is 9.98. The van der Waals surface area contributed by atoms with Gasteiger partial charge in [-0.25, -0.2) is 8.42 Å². The van der Waals surface area contributed by atoms with Crippen LogP contribution >= 0.6 is 0 Å². The molecule has 8 heteroatoms. The summed E-state index contributed by atoms with van der Waals surface area (Å²) in [6, 6.07) is 11.4. The normalized spacial score (nSPS) is 12.3. The van der Waals surface area contributed by atoms with Gasteiger partial charge in [-0.15, -0.1) is 0 Å². The zero-order valence-corrected chi connectivity index (χ0v) is 18.4. The third kappa shape index (κ3) is 5.90. The van der Waals surface area contributed by atoms with Crippen LogP contribution in [0.1, 0.15) is 40.7 Å². The van der Waals surface area contributed by atoms with Crippen molar-refractivity contribution in [3.63, 3.8) is 0 Å². The summed E-state index contributed by atoms with van der Waals surface area (Å²) in [5, 5.41) is 0. The average Bonchev–Trinajstić information content (AvgIpc) is 2.72. The van der Waals surface area contributed by atoms with Crippen LogP contribution in [-0.2, 0) is 24.3 Å². The van der Waals surface area contributed by atoms with E-state index < -0.39 is 16.1 Å². The first kappa shape index (κ1) is 23.6. The molecule has 7 nitrogen and oxygen atoms in total. The molecular weight excluding hydrogens is 406 g/mol. The van der Waals surface area contributed by atoms with Gasteiger partial charge in [0.25, 0.3) is 10.0 Å². The smallest absolute Gasteiger partial charge is 0.305 e. The van der Waals surface area contributed by atoms with Crippen molar-refractivity contribution in [2.24, 2.45) is 0 Å². The van der Waals surface area contributed by atoms with Crippen molar-refractivity contribution in [3.8, 4) is 0 Å². The number of ketones is 1. The Morgan fingerprint density at radius 1 is 1.03 bits per heavy atom. The highest BCUT2D eigenvalue weighted by atomic mass is 32.2. The summed E-state index contributed by atoms with van der Waals surface area (Å²) >= 11 is 0. The minimum atomic E-state index is -3.88. The zero-order valence-electron chi connectivity index (χ0n) is 17.6. The molecule has 0 aliphatic carbocycles. The van der Waals surface area contributed by atoms with Gasteiger partial charge in [-0.1, -0.05) is 29.8 Å². The van der Waals surface area contributed by atoms with E-state index in [1.165, 1.54) is 26.4 Å². The molecule has 0 bridgehead atoms. The minimum absolute atomic E-state index is 0.108. The molecule has 0 saturated carbocycles. The van der Waals surface area contributed by atoms with Crippen molar-refractivity contribution in [1.82, 2.24) is 0 Å². The van der Waals surface area contributed by atoms with Gasteiger partial charge in [0.2, 0.25) is 0 Å². The molecule has 1 unspecified atom stereocenters. The van der Waals surface area contributed by atoms with Gasteiger partial charge in [-0.3, -0.25) is 14.3 Å². The third-order valence-corrected chi connectivity index (χ3v) is 6.12. The predicted octanol–water partition coefficient (Wildman–Crippen LogP) is 3.65. The van der Waals surface area contributed by atoms with E-state index >= 15 is 0 Å². The van der Waals surface area contributed by atoms with Gasteiger partial charge >= 0.3 is 5.97 Å². The first-order valence-electron chi connectivity index (χ1n) is 9.52. The van der Waals surface area contributed by atoms with Gasteiger partial charge in [-0.05, 0) is 50.5 Å². The lowest BCUT2D eigenvalue weighted by Crippen LogP contribution is -2.25. The number of benzene rings is 2. The van der Waals surface area contributed by atoms with Gasteiger partial charge < -0.3 is 9.47 Å². The standard InChI is InChI=1S/C22H27NO6S/c1-15-11-13-17(14-12-15)30(26,27)23-21-16(2)7-5-8-18(21)22(25)19(28-3)9-6-10-20(24)29-4/h5,7-8,11-14,19,23H,6,9-10H2,1-4H3. The molecule has 0 radical (unpaired) electrons. The molecule has 0 aliphatic rings. The van der Waals surface area contributed by atoms with Crippen LogP contribution < -0.4 is 4.72 Å². The van der Waals surface area contributed by atoms with Crippen molar-refractivity contribution in [1.29, 1.82) is 0 Å². The van der Waals surface area contributed by atoms with Crippen LogP contribution in [0.15, 0.2) is 47.4 Å². The fourth-order valence-electron chi connectivity index (χ4n) is 2.98. The summed E-state index contributed by atoms with van der Waals surface area (Å²) in [7, 11) is -1.16. The number of hydrogen-bond donors (Lipinski definition) is 1. The maximum atomic E-state index is 13.1. The van der Waals surface area contributed by atoms with Gasteiger partial charge in [0.15, 0.2) is 5.78 Å². The van der Waals surface area contributed by atoms with Crippen LogP contribution in [0.25, 0.3) is 0 Å². The molecule has 0 fully saturated rings. The Morgan fingerprint density at radius 2 is 1.70 bits per heavy atom. The second kappa shape index (κ2) is 10.4. The topological polar surface area (TPSA) is 98.8 Å². The third-order valence-electron chi connectivity index (χ3n) is 4.76. The number of sulfonamides is 1. The van der Waals surface area contributed by atoms with Crippen molar-refractivity contribution < 1.29 is 27.5 Å². The molecule has 0 aromatic heterocycles. The van der Waals surface area contributed by atoms with Crippen molar-refractivity contribution in [2.45, 2.75) is 44.1 Å². The van der Waals surface area contributed by atoms with Crippen LogP contribution in [0.4, 0.5) is 5.69 Å². The number of carbonyl (C=O) groups excluding carboxylic acids is 2. The molecule has 0 spiro atoms. The molecule has 1 atom stereocenters. The minimum Gasteiger partial charge on any atom is -0.469 e. The molecule has 0 heterocycles. The maximum absolute atomic E-state index is 13.1. The highest BCUT2D eigenvalue weighted by molar-refractivity contribution is 7.92. The van der Waals surface area contributed by atoms with Gasteiger partial charge in [0.05, 0.1) is 17.7 Å². The Morgan fingerprint density at radius 3 is 2.30 bits per heavy atom. The van der Waals surface area contributed by atoms with Gasteiger partial charge in [0.1, 0.15) is 6.10 Å². The van der Waals surface area contributed by atoms with E-state index in [1.54, 1.807) is 37.3 Å². The Bertz CT molecular complexity index is 999. The predicted molar refractivity (Wildman–Crippen MR) is 114 cm³/mol. The quantitative estimate of drug-likeness (QED) is 0.454. The molecule has 2 rings (SSSR count). The fraction of sp³-hybridized carbons (Fsp3) is 0.364. The fourth-order valence-corrected chi connectivity index (χ4v) is 4.13. The van der Waals surface area contributed by atoms with Gasteiger partial charge in [0, 0.05) is 19.1 Å². The number of carbonyl (C=O) groups is 2. The van der Waals surface area contributed by atoms with Crippen LogP contribution in [0.5, 0.6) is 0 Å². The van der Waals surface area contributed by atoms with E-state index in [4.69, 9.17) is 4.74 Å². The highest BCUT2D eigenvalue weighted by Gasteiger charge is 2.25. The van der Waals surface area contributed by atoms with Crippen molar-refractivity contribution >= 4 is 27.5 Å². The Kier molecular flexibility index (Phi) is 8.14. The number of anilines is 1. The zero-order chi connectivity index (χ0) is 22.3. The Labute approximate surface area is 177 Å². The second-order valence-corrected chi connectivity index (χ2v) is 8.66. The summed E-state index contributed by atoms with van der Waals surface area (Å²) in [6.45, 7) is 3.59. The first-order valence-corrected chi connectivity index (χ1v) is 11.0. The molecule has 2 aromatic carbocycles. The summed E-state index contributed by atoms with van der Waals surface area (Å²) in [4.78, 5) is 24.5. The van der Waals surface area contributed by atoms with Crippen LogP contribution in [0.2, 0.25) is 0 Å². The van der Waals surface area contributed by atoms with Crippen molar-refractivity contribution in [3.05, 3.63) is 59.2 Å². The second-order valence-electron chi connectivity index (χ2n) is 6.97. The molecule has 0 aliphatic heterocycles. The van der Waals surface area contributed by atoms with Gasteiger partial charge in [-0.2, -0.15) is 0 Å². The van der Waals surface area contributed by atoms with Crippen LogP contribution in [-0.4, -0.2) is 40.5 Å². The average molecular weight is 434 g/mol. The lowest BCUT2D eigenvalue weighted by Gasteiger charge is -2.19. The Balaban J connectivity index is 2.29. The SMILES string of the molecule is COC(=O)CCCC(OC)C(=O)c1cccc(C)c1NS(=O)(=O)c1ccc(C)cc1. The lowest BCUT2D eigenvalue weighted by molar-refractivity contribution is -0.140. The molecule has 2 aromatic rings. The number of methoxy groups -OCH3 is 2. The van der Waals surface area contributed by atoms with E-state index in [0.29, 0.717) is 18.4 Å². The van der Waals surface area contributed by atoms with E-state index in [9.17, 15) is 18.0 Å². The summed E-state index contributed by atoms with van der Waals surface area (Å²) < 4.78 is 38.2. The molecular formula is C22H27NO6S. The summed E-state index contributed by atoms with van der Waals surface area (Å²) in [5.74, 6) is -0.716. The number of esters is 1. The van der Waals surface area contributed by atoms with Crippen molar-refractivity contribution in [2.75, 3.05) is 18.9 Å². The number of nitrogens with one attached hydrogen (secondary N) is 1. The van der Waals surface area contributed by atoms with E-state index in [2.05, 4.69) is 9.46 Å². The number of para-hydroxylation sites is 1. The first-order chi connectivity index (χ1) is 14.2. The summed E-state index contributed by atoms with van der Waals surface area (Å²) in [5.41, 5.74) is 1.99. The molecule has 0 amide bonds. The molecule has 0 saturated heterocycles. The van der Waals surface area contributed by atoms with E-state index in [-0.39, 0.29) is 34.3 Å². The summed E-state index contributed by atoms with van der Waals surface area (Å²) in [6.07, 6.45) is 0.0825. The maximum Gasteiger partial charge on any atom is 0.305 e. The van der Waals surface area contributed by atoms with Crippen LogP contribution in [0, 0.1) is 13.8 Å². The Hall–Kier alpha value is -2.71. The highest BCUT2D eigenvalue weighted by Crippen LogP contribution is 2.27. The van der Waals surface area contributed by atoms with Crippen LogP contribution in [0.3, 0.4) is 0 Å². The van der Waals surface area contributed by atoms with E-state index in [1.807, 2.05) is 6.92 Å².